The lowest BCUT2D eigenvalue weighted by atomic mass is 9.90. The van der Waals surface area contributed by atoms with Gasteiger partial charge in [-0.25, -0.2) is 0 Å². The average molecular weight is 575 g/mol. The molecule has 45 heavy (non-hydrogen) atoms. The Morgan fingerprint density at radius 1 is 0.333 bits per heavy atom. The van der Waals surface area contributed by atoms with Gasteiger partial charge in [-0.2, -0.15) is 0 Å². The van der Waals surface area contributed by atoms with Crippen molar-refractivity contribution in [1.82, 2.24) is 0 Å². The number of benzene rings is 7. The second kappa shape index (κ2) is 9.32. The first-order chi connectivity index (χ1) is 22.3. The third-order valence-corrected chi connectivity index (χ3v) is 9.54. The van der Waals surface area contributed by atoms with Gasteiger partial charge in [0, 0.05) is 21.5 Å². The van der Waals surface area contributed by atoms with Crippen molar-refractivity contribution >= 4 is 43.9 Å². The summed E-state index contributed by atoms with van der Waals surface area (Å²) in [5.74, 6) is 0. The molecular weight excluding hydrogens is 548 g/mol. The van der Waals surface area contributed by atoms with Crippen LogP contribution in [0.5, 0.6) is 0 Å². The third kappa shape index (κ3) is 3.63. The summed E-state index contributed by atoms with van der Waals surface area (Å²) < 4.78 is 12.5. The fourth-order valence-electron chi connectivity index (χ4n) is 7.49. The van der Waals surface area contributed by atoms with E-state index in [1.165, 1.54) is 66.4 Å². The highest BCUT2D eigenvalue weighted by molar-refractivity contribution is 6.14. The van der Waals surface area contributed by atoms with E-state index in [1.807, 2.05) is 24.3 Å². The summed E-state index contributed by atoms with van der Waals surface area (Å²) in [5, 5.41) is 4.64. The van der Waals surface area contributed by atoms with Crippen LogP contribution in [0.3, 0.4) is 0 Å². The smallest absolute Gasteiger partial charge is 0.136 e. The Bertz CT molecular complexity index is 2450. The molecule has 0 saturated carbocycles. The van der Waals surface area contributed by atoms with Gasteiger partial charge in [0.15, 0.2) is 0 Å². The maximum atomic E-state index is 6.23. The van der Waals surface area contributed by atoms with Crippen molar-refractivity contribution in [2.45, 2.75) is 6.42 Å². The summed E-state index contributed by atoms with van der Waals surface area (Å²) in [6.07, 6.45) is 0.873. The lowest BCUT2D eigenvalue weighted by molar-refractivity contribution is 0.668. The Labute approximate surface area is 259 Å². The van der Waals surface area contributed by atoms with Crippen molar-refractivity contribution in [3.63, 3.8) is 0 Å². The zero-order valence-corrected chi connectivity index (χ0v) is 24.4. The van der Waals surface area contributed by atoms with Gasteiger partial charge in [0.25, 0.3) is 0 Å². The highest BCUT2D eigenvalue weighted by Gasteiger charge is 2.22. The van der Waals surface area contributed by atoms with E-state index in [9.17, 15) is 0 Å². The SMILES string of the molecule is c1ccc2c(c1)-c1cc(-c3cccc4oc5ccccc5c34)ccc1Cc1ccc(-c3cccc4oc5ccccc5c34)cc1-2. The topological polar surface area (TPSA) is 26.3 Å². The van der Waals surface area contributed by atoms with Gasteiger partial charge in [0.1, 0.15) is 22.3 Å². The molecule has 0 fully saturated rings. The van der Waals surface area contributed by atoms with Crippen LogP contribution in [0.1, 0.15) is 11.1 Å². The molecule has 2 heterocycles. The molecule has 0 saturated heterocycles. The Morgan fingerprint density at radius 2 is 0.756 bits per heavy atom. The van der Waals surface area contributed by atoms with Crippen LogP contribution in [0.15, 0.2) is 154 Å². The molecule has 1 aliphatic rings. The first-order valence-corrected chi connectivity index (χ1v) is 15.5. The highest BCUT2D eigenvalue weighted by atomic mass is 16.3. The van der Waals surface area contributed by atoms with Crippen LogP contribution in [0.4, 0.5) is 0 Å². The predicted octanol–water partition coefficient (Wildman–Crippen LogP) is 12.1. The van der Waals surface area contributed by atoms with Gasteiger partial charge < -0.3 is 8.83 Å². The first kappa shape index (κ1) is 24.6. The Hall–Kier alpha value is -5.86. The van der Waals surface area contributed by atoms with Crippen LogP contribution >= 0.6 is 0 Å². The van der Waals surface area contributed by atoms with Gasteiger partial charge in [-0.15, -0.1) is 0 Å². The fraction of sp³-hybridized carbons (Fsp3) is 0.0233. The van der Waals surface area contributed by atoms with Gasteiger partial charge >= 0.3 is 0 Å². The Morgan fingerprint density at radius 3 is 1.27 bits per heavy atom. The van der Waals surface area contributed by atoms with Crippen LogP contribution in [0, 0.1) is 0 Å². The van der Waals surface area contributed by atoms with E-state index in [4.69, 9.17) is 8.83 Å². The molecule has 0 spiro atoms. The van der Waals surface area contributed by atoms with Crippen LogP contribution < -0.4 is 0 Å². The molecule has 9 aromatic rings. The van der Waals surface area contributed by atoms with Crippen LogP contribution in [-0.2, 0) is 6.42 Å². The second-order valence-electron chi connectivity index (χ2n) is 12.0. The molecular formula is C43H26O2. The molecule has 2 nitrogen and oxygen atoms in total. The number of para-hydroxylation sites is 2. The lowest BCUT2D eigenvalue weighted by Gasteiger charge is -2.13. The zero-order valence-electron chi connectivity index (χ0n) is 24.4. The molecule has 0 atom stereocenters. The summed E-state index contributed by atoms with van der Waals surface area (Å²) in [4.78, 5) is 0. The predicted molar refractivity (Wildman–Crippen MR) is 186 cm³/mol. The normalized spacial score (nSPS) is 12.4. The number of hydrogen-bond acceptors (Lipinski definition) is 2. The number of rotatable bonds is 2. The minimum Gasteiger partial charge on any atom is -0.456 e. The van der Waals surface area contributed by atoms with Crippen molar-refractivity contribution in [2.75, 3.05) is 0 Å². The molecule has 10 rings (SSSR count). The van der Waals surface area contributed by atoms with E-state index < -0.39 is 0 Å². The van der Waals surface area contributed by atoms with E-state index in [-0.39, 0.29) is 0 Å². The van der Waals surface area contributed by atoms with Gasteiger partial charge in [0.05, 0.1) is 0 Å². The van der Waals surface area contributed by atoms with Crippen LogP contribution in [-0.4, -0.2) is 0 Å². The zero-order chi connectivity index (χ0) is 29.5. The molecule has 0 radical (unpaired) electrons. The second-order valence-corrected chi connectivity index (χ2v) is 12.0. The lowest BCUT2D eigenvalue weighted by Crippen LogP contribution is -1.92. The molecule has 0 aliphatic heterocycles. The number of furan rings is 2. The van der Waals surface area contributed by atoms with Gasteiger partial charge in [-0.1, -0.05) is 109 Å². The van der Waals surface area contributed by atoms with Gasteiger partial charge in [0.2, 0.25) is 0 Å². The van der Waals surface area contributed by atoms with Gasteiger partial charge in [-0.05, 0) is 98.5 Å². The quantitative estimate of drug-likeness (QED) is 0.205. The molecule has 2 aromatic heterocycles. The molecule has 0 amide bonds. The number of fused-ring (bicyclic) bond motifs is 11. The van der Waals surface area contributed by atoms with Crippen LogP contribution in [0.2, 0.25) is 0 Å². The summed E-state index contributed by atoms with van der Waals surface area (Å²) in [7, 11) is 0. The minimum absolute atomic E-state index is 0.873. The van der Waals surface area contributed by atoms with Gasteiger partial charge in [-0.3, -0.25) is 0 Å². The van der Waals surface area contributed by atoms with Crippen LogP contribution in [0.25, 0.3) is 88.4 Å². The molecule has 2 heteroatoms. The standard InChI is InChI=1S/C43H26O2/c1-2-10-33-32(9-1)36-24-28(30-13-7-17-40-42(30)34-11-3-5-15-38(34)44-40)21-19-26(36)23-27-20-22-29(25-37(27)33)31-14-8-18-41-43(31)35-12-4-6-16-39(35)45-41/h1-22,24-25H,23H2. The molecule has 0 bridgehead atoms. The van der Waals surface area contributed by atoms with E-state index in [0.29, 0.717) is 0 Å². The average Bonchev–Trinajstić information content (AvgIpc) is 3.63. The summed E-state index contributed by atoms with van der Waals surface area (Å²) in [6.45, 7) is 0. The molecule has 1 aliphatic carbocycles. The van der Waals surface area contributed by atoms with Crippen molar-refractivity contribution < 1.29 is 8.83 Å². The number of hydrogen-bond donors (Lipinski definition) is 0. The fourth-order valence-corrected chi connectivity index (χ4v) is 7.49. The molecule has 7 aromatic carbocycles. The van der Waals surface area contributed by atoms with E-state index in [2.05, 4.69) is 121 Å². The maximum Gasteiger partial charge on any atom is 0.136 e. The first-order valence-electron chi connectivity index (χ1n) is 15.5. The minimum atomic E-state index is 0.873. The third-order valence-electron chi connectivity index (χ3n) is 9.54. The van der Waals surface area contributed by atoms with E-state index >= 15 is 0 Å². The Balaban J connectivity index is 1.16. The van der Waals surface area contributed by atoms with Crippen molar-refractivity contribution in [3.8, 4) is 44.5 Å². The molecule has 0 N–H and O–H groups in total. The molecule has 0 unspecified atom stereocenters. The Kier molecular flexibility index (Phi) is 5.09. The van der Waals surface area contributed by atoms with E-state index in [0.717, 1.165) is 39.5 Å². The monoisotopic (exact) mass is 574 g/mol. The summed E-state index contributed by atoms with van der Waals surface area (Å²) >= 11 is 0. The van der Waals surface area contributed by atoms with Crippen molar-refractivity contribution in [2.24, 2.45) is 0 Å². The summed E-state index contributed by atoms with van der Waals surface area (Å²) in [6, 6.07) is 52.3. The highest BCUT2D eigenvalue weighted by Crippen LogP contribution is 2.45. The van der Waals surface area contributed by atoms with Crippen molar-refractivity contribution in [3.05, 3.63) is 157 Å². The summed E-state index contributed by atoms with van der Waals surface area (Å²) in [5.41, 5.74) is 16.3. The maximum absolute atomic E-state index is 6.23. The molecule has 210 valence electrons. The van der Waals surface area contributed by atoms with Crippen molar-refractivity contribution in [1.29, 1.82) is 0 Å². The van der Waals surface area contributed by atoms with E-state index in [1.54, 1.807) is 0 Å². The largest absolute Gasteiger partial charge is 0.456 e.